The van der Waals surface area contributed by atoms with Crippen molar-refractivity contribution < 1.29 is 9.53 Å². The number of likely N-dealkylation sites (tertiary alicyclic amines) is 1. The average molecular weight is 346 g/mol. The predicted molar refractivity (Wildman–Crippen MR) is 91.9 cm³/mol. The molecular weight excluding hydrogens is 324 g/mol. The first-order chi connectivity index (χ1) is 11.7. The van der Waals surface area contributed by atoms with Crippen LogP contribution in [-0.4, -0.2) is 64.4 Å². The van der Waals surface area contributed by atoms with E-state index in [1.54, 1.807) is 35.3 Å². The van der Waals surface area contributed by atoms with Gasteiger partial charge >= 0.3 is 0 Å². The van der Waals surface area contributed by atoms with Crippen LogP contribution in [0, 0.1) is 5.92 Å². The van der Waals surface area contributed by atoms with E-state index in [0.717, 1.165) is 32.8 Å². The molecular formula is C17H22N4O2S. The van der Waals surface area contributed by atoms with Gasteiger partial charge in [-0.05, 0) is 17.5 Å². The molecule has 2 aliphatic heterocycles. The van der Waals surface area contributed by atoms with Gasteiger partial charge in [0.15, 0.2) is 0 Å². The molecule has 0 saturated carbocycles. The van der Waals surface area contributed by atoms with Crippen molar-refractivity contribution in [3.8, 4) is 0 Å². The Labute approximate surface area is 145 Å². The van der Waals surface area contributed by atoms with Gasteiger partial charge in [-0.3, -0.25) is 14.4 Å². The number of carbonyl (C=O) groups excluding carboxylic acids is 1. The summed E-state index contributed by atoms with van der Waals surface area (Å²) in [7, 11) is 1.81. The molecule has 2 atom stereocenters. The van der Waals surface area contributed by atoms with E-state index in [4.69, 9.17) is 4.74 Å². The third-order valence-electron chi connectivity index (χ3n) is 4.90. The Kier molecular flexibility index (Phi) is 4.39. The lowest BCUT2D eigenvalue weighted by Crippen LogP contribution is -2.34. The Morgan fingerprint density at radius 2 is 2.29 bits per heavy atom. The van der Waals surface area contributed by atoms with Crippen molar-refractivity contribution in [2.45, 2.75) is 12.6 Å². The standard InChI is InChI=1S/C17H22N4O2S/c1-19-15(4-5-18-19)17(22)21-10-13-9-20(6-7-23-16(13)12-21)11-14-3-2-8-24-14/h2-5,8,13,16H,6-7,9-12H2,1H3/t13-,16+/m1/s1. The summed E-state index contributed by atoms with van der Waals surface area (Å²) in [6, 6.07) is 6.06. The molecule has 2 aromatic heterocycles. The zero-order valence-electron chi connectivity index (χ0n) is 13.8. The van der Waals surface area contributed by atoms with Gasteiger partial charge in [-0.1, -0.05) is 6.07 Å². The van der Waals surface area contributed by atoms with E-state index in [-0.39, 0.29) is 12.0 Å². The maximum Gasteiger partial charge on any atom is 0.272 e. The van der Waals surface area contributed by atoms with Gasteiger partial charge in [0.2, 0.25) is 0 Å². The van der Waals surface area contributed by atoms with E-state index in [1.165, 1.54) is 4.88 Å². The minimum absolute atomic E-state index is 0.0523. The second kappa shape index (κ2) is 6.66. The summed E-state index contributed by atoms with van der Waals surface area (Å²) in [5.74, 6) is 0.432. The van der Waals surface area contributed by atoms with Gasteiger partial charge < -0.3 is 9.64 Å². The topological polar surface area (TPSA) is 50.6 Å². The normalized spacial score (nSPS) is 24.8. The number of hydrogen-bond acceptors (Lipinski definition) is 5. The minimum Gasteiger partial charge on any atom is -0.375 e. The fourth-order valence-corrected chi connectivity index (χ4v) is 4.39. The Balaban J connectivity index is 1.42. The van der Waals surface area contributed by atoms with Crippen molar-refractivity contribution in [2.75, 3.05) is 32.8 Å². The van der Waals surface area contributed by atoms with Crippen LogP contribution in [0.5, 0.6) is 0 Å². The van der Waals surface area contributed by atoms with Crippen LogP contribution in [0.4, 0.5) is 0 Å². The number of rotatable bonds is 3. The summed E-state index contributed by atoms with van der Waals surface area (Å²) in [6.07, 6.45) is 1.82. The number of ether oxygens (including phenoxy) is 1. The molecule has 7 heteroatoms. The molecule has 2 aliphatic rings. The number of fused-ring (bicyclic) bond motifs is 1. The van der Waals surface area contributed by atoms with Gasteiger partial charge in [0.05, 0.1) is 12.7 Å². The Bertz CT molecular complexity index is 699. The van der Waals surface area contributed by atoms with E-state index in [1.807, 2.05) is 4.90 Å². The van der Waals surface area contributed by atoms with Crippen LogP contribution in [0.2, 0.25) is 0 Å². The molecule has 2 fully saturated rings. The predicted octanol–water partition coefficient (Wildman–Crippen LogP) is 1.45. The van der Waals surface area contributed by atoms with Crippen molar-refractivity contribution in [3.63, 3.8) is 0 Å². The molecule has 128 valence electrons. The number of hydrogen-bond donors (Lipinski definition) is 0. The van der Waals surface area contributed by atoms with Crippen LogP contribution < -0.4 is 0 Å². The van der Waals surface area contributed by atoms with E-state index >= 15 is 0 Å². The first-order valence-electron chi connectivity index (χ1n) is 8.34. The second-order valence-corrected chi connectivity index (χ2v) is 7.57. The molecule has 6 nitrogen and oxygen atoms in total. The molecule has 0 spiro atoms. The summed E-state index contributed by atoms with van der Waals surface area (Å²) >= 11 is 1.80. The van der Waals surface area contributed by atoms with Crippen molar-refractivity contribution in [1.82, 2.24) is 19.6 Å². The Morgan fingerprint density at radius 1 is 1.38 bits per heavy atom. The fourth-order valence-electron chi connectivity index (χ4n) is 3.64. The summed E-state index contributed by atoms with van der Waals surface area (Å²) in [6.45, 7) is 5.09. The van der Waals surface area contributed by atoms with Gasteiger partial charge in [0.1, 0.15) is 5.69 Å². The highest BCUT2D eigenvalue weighted by molar-refractivity contribution is 7.09. The molecule has 0 aromatic carbocycles. The van der Waals surface area contributed by atoms with Crippen LogP contribution in [-0.2, 0) is 18.3 Å². The van der Waals surface area contributed by atoms with Gasteiger partial charge in [0, 0.05) is 56.8 Å². The number of thiophene rings is 1. The van der Waals surface area contributed by atoms with Gasteiger partial charge in [-0.2, -0.15) is 5.10 Å². The highest BCUT2D eigenvalue weighted by Crippen LogP contribution is 2.26. The molecule has 4 rings (SSSR count). The Morgan fingerprint density at radius 3 is 3.04 bits per heavy atom. The molecule has 0 bridgehead atoms. The average Bonchev–Trinajstić information content (AvgIpc) is 3.28. The van der Waals surface area contributed by atoms with Crippen LogP contribution in [0.25, 0.3) is 0 Å². The van der Waals surface area contributed by atoms with Gasteiger partial charge in [-0.15, -0.1) is 11.3 Å². The van der Waals surface area contributed by atoms with Crippen LogP contribution in [0.1, 0.15) is 15.4 Å². The smallest absolute Gasteiger partial charge is 0.272 e. The number of amides is 1. The van der Waals surface area contributed by atoms with Gasteiger partial charge in [0.25, 0.3) is 5.91 Å². The summed E-state index contributed by atoms with van der Waals surface area (Å²) in [5, 5.41) is 6.22. The maximum absolute atomic E-state index is 12.7. The Hall–Kier alpha value is -1.70. The molecule has 2 aromatic rings. The molecule has 0 radical (unpaired) electrons. The lowest BCUT2D eigenvalue weighted by molar-refractivity contribution is 0.0481. The summed E-state index contributed by atoms with van der Waals surface area (Å²) < 4.78 is 7.69. The largest absolute Gasteiger partial charge is 0.375 e. The van der Waals surface area contributed by atoms with Crippen molar-refractivity contribution >= 4 is 17.2 Å². The number of aryl methyl sites for hydroxylation is 1. The molecule has 0 aliphatic carbocycles. The van der Waals surface area contributed by atoms with Crippen molar-refractivity contribution in [1.29, 1.82) is 0 Å². The number of carbonyl (C=O) groups is 1. The van der Waals surface area contributed by atoms with Crippen LogP contribution >= 0.6 is 11.3 Å². The third kappa shape index (κ3) is 3.11. The lowest BCUT2D eigenvalue weighted by atomic mass is 10.1. The lowest BCUT2D eigenvalue weighted by Gasteiger charge is -2.22. The first-order valence-corrected chi connectivity index (χ1v) is 9.22. The zero-order valence-corrected chi connectivity index (χ0v) is 14.6. The highest BCUT2D eigenvalue weighted by Gasteiger charge is 2.39. The van der Waals surface area contributed by atoms with Crippen LogP contribution in [0.15, 0.2) is 29.8 Å². The molecule has 1 amide bonds. The van der Waals surface area contributed by atoms with Crippen molar-refractivity contribution in [3.05, 3.63) is 40.3 Å². The zero-order chi connectivity index (χ0) is 16.5. The molecule has 0 unspecified atom stereocenters. The molecule has 0 N–H and O–H groups in total. The SMILES string of the molecule is Cn1nccc1C(=O)N1C[C@H]2CN(Cc3cccs3)CCO[C@H]2C1. The second-order valence-electron chi connectivity index (χ2n) is 6.53. The van der Waals surface area contributed by atoms with E-state index in [9.17, 15) is 4.79 Å². The van der Waals surface area contributed by atoms with Gasteiger partial charge in [-0.25, -0.2) is 0 Å². The van der Waals surface area contributed by atoms with E-state index in [2.05, 4.69) is 27.5 Å². The van der Waals surface area contributed by atoms with E-state index < -0.39 is 0 Å². The third-order valence-corrected chi connectivity index (χ3v) is 5.76. The quantitative estimate of drug-likeness (QED) is 0.844. The fraction of sp³-hybridized carbons (Fsp3) is 0.529. The number of nitrogens with zero attached hydrogens (tertiary/aromatic N) is 4. The summed E-state index contributed by atoms with van der Waals surface area (Å²) in [4.78, 5) is 18.4. The van der Waals surface area contributed by atoms with E-state index in [0.29, 0.717) is 18.2 Å². The molecule has 24 heavy (non-hydrogen) atoms. The first kappa shape index (κ1) is 15.8. The summed E-state index contributed by atoms with van der Waals surface area (Å²) in [5.41, 5.74) is 0.641. The monoisotopic (exact) mass is 346 g/mol. The minimum atomic E-state index is 0.0523. The highest BCUT2D eigenvalue weighted by atomic mass is 32.1. The number of aromatic nitrogens is 2. The van der Waals surface area contributed by atoms with Crippen molar-refractivity contribution in [2.24, 2.45) is 13.0 Å². The maximum atomic E-state index is 12.7. The van der Waals surface area contributed by atoms with Crippen LogP contribution in [0.3, 0.4) is 0 Å². The molecule has 2 saturated heterocycles. The molecule has 4 heterocycles.